The van der Waals surface area contributed by atoms with Crippen LogP contribution in [-0.2, 0) is 16.1 Å². The molecular weight excluding hydrogens is 396 g/mol. The number of carbonyl (C=O) groups is 4. The summed E-state index contributed by atoms with van der Waals surface area (Å²) in [4.78, 5) is 53.7. The van der Waals surface area contributed by atoms with E-state index in [-0.39, 0.29) is 18.4 Å². The Morgan fingerprint density at radius 1 is 1.03 bits per heavy atom. The van der Waals surface area contributed by atoms with Crippen molar-refractivity contribution in [3.05, 3.63) is 65.2 Å². The number of amides is 5. The molecule has 1 aliphatic heterocycles. The van der Waals surface area contributed by atoms with Gasteiger partial charge in [-0.25, -0.2) is 4.79 Å². The zero-order valence-electron chi connectivity index (χ0n) is 18.1. The summed E-state index contributed by atoms with van der Waals surface area (Å²) in [5, 5.41) is 2.55. The molecule has 0 spiro atoms. The number of anilines is 1. The molecule has 5 amide bonds. The number of rotatable bonds is 6. The van der Waals surface area contributed by atoms with Crippen LogP contribution in [0, 0.1) is 6.92 Å². The molecule has 0 aromatic heterocycles. The molecule has 1 fully saturated rings. The lowest BCUT2D eigenvalue weighted by atomic mass is 10.1. The van der Waals surface area contributed by atoms with Crippen molar-refractivity contribution in [2.75, 3.05) is 25.5 Å². The van der Waals surface area contributed by atoms with Crippen LogP contribution < -0.4 is 10.2 Å². The lowest BCUT2D eigenvalue weighted by molar-refractivity contribution is -0.136. The zero-order chi connectivity index (χ0) is 22.7. The standard InChI is InChI=1S/C23H26N4O4/c1-15-5-11-19(12-6-15)27-16(2)22(30)26(23(27)31)14-20(28)25(4)13-17-7-9-18(10-8-17)21(29)24-3/h5-12,16H,13-14H2,1-4H3,(H,24,29)/t16-/m0/s1. The lowest BCUT2D eigenvalue weighted by Gasteiger charge is -2.21. The van der Waals surface area contributed by atoms with E-state index in [0.717, 1.165) is 16.0 Å². The van der Waals surface area contributed by atoms with Crippen molar-refractivity contribution in [2.45, 2.75) is 26.4 Å². The average Bonchev–Trinajstić information content (AvgIpc) is 2.97. The van der Waals surface area contributed by atoms with Crippen LogP contribution in [-0.4, -0.2) is 60.2 Å². The monoisotopic (exact) mass is 422 g/mol. The van der Waals surface area contributed by atoms with E-state index >= 15 is 0 Å². The summed E-state index contributed by atoms with van der Waals surface area (Å²) in [5.74, 6) is -0.938. The highest BCUT2D eigenvalue weighted by Gasteiger charge is 2.44. The van der Waals surface area contributed by atoms with E-state index in [1.165, 1.54) is 9.80 Å². The molecule has 0 radical (unpaired) electrons. The molecule has 1 saturated heterocycles. The van der Waals surface area contributed by atoms with Crippen molar-refractivity contribution in [1.82, 2.24) is 15.1 Å². The Morgan fingerprint density at radius 3 is 2.23 bits per heavy atom. The molecule has 0 unspecified atom stereocenters. The van der Waals surface area contributed by atoms with E-state index in [0.29, 0.717) is 17.8 Å². The molecule has 1 N–H and O–H groups in total. The molecule has 31 heavy (non-hydrogen) atoms. The molecule has 8 nitrogen and oxygen atoms in total. The van der Waals surface area contributed by atoms with Crippen molar-refractivity contribution in [3.63, 3.8) is 0 Å². The summed E-state index contributed by atoms with van der Waals surface area (Å²) < 4.78 is 0. The molecule has 1 aliphatic rings. The van der Waals surface area contributed by atoms with Gasteiger partial charge in [0.25, 0.3) is 11.8 Å². The van der Waals surface area contributed by atoms with Gasteiger partial charge in [-0.2, -0.15) is 0 Å². The molecule has 1 heterocycles. The molecule has 3 rings (SSSR count). The van der Waals surface area contributed by atoms with Crippen LogP contribution in [0.5, 0.6) is 0 Å². The Hall–Kier alpha value is -3.68. The average molecular weight is 422 g/mol. The van der Waals surface area contributed by atoms with Gasteiger partial charge in [-0.3, -0.25) is 24.2 Å². The van der Waals surface area contributed by atoms with Gasteiger partial charge in [0.15, 0.2) is 0 Å². The maximum absolute atomic E-state index is 12.9. The van der Waals surface area contributed by atoms with Crippen LogP contribution in [0.15, 0.2) is 48.5 Å². The molecule has 1 atom stereocenters. The second kappa shape index (κ2) is 8.99. The van der Waals surface area contributed by atoms with Crippen LogP contribution in [0.25, 0.3) is 0 Å². The quantitative estimate of drug-likeness (QED) is 0.723. The Labute approximate surface area is 181 Å². The predicted octanol–water partition coefficient (Wildman–Crippen LogP) is 2.17. The fraction of sp³-hybridized carbons (Fsp3) is 0.304. The number of urea groups is 1. The van der Waals surface area contributed by atoms with Crippen LogP contribution in [0.3, 0.4) is 0 Å². The van der Waals surface area contributed by atoms with Gasteiger partial charge in [0.05, 0.1) is 0 Å². The van der Waals surface area contributed by atoms with Crippen molar-refractivity contribution in [1.29, 1.82) is 0 Å². The molecule has 0 saturated carbocycles. The minimum Gasteiger partial charge on any atom is -0.355 e. The normalized spacial score (nSPS) is 15.9. The Balaban J connectivity index is 1.66. The Kier molecular flexibility index (Phi) is 6.39. The number of likely N-dealkylation sites (N-methyl/N-ethyl adjacent to an activating group) is 1. The summed E-state index contributed by atoms with van der Waals surface area (Å²) in [6.45, 7) is 3.57. The summed E-state index contributed by atoms with van der Waals surface area (Å²) >= 11 is 0. The third kappa shape index (κ3) is 4.58. The van der Waals surface area contributed by atoms with Gasteiger partial charge in [-0.05, 0) is 43.7 Å². The molecule has 0 bridgehead atoms. The van der Waals surface area contributed by atoms with Crippen LogP contribution in [0.2, 0.25) is 0 Å². The van der Waals surface area contributed by atoms with E-state index in [9.17, 15) is 19.2 Å². The number of hydrogen-bond acceptors (Lipinski definition) is 4. The first kappa shape index (κ1) is 22.0. The summed E-state index contributed by atoms with van der Waals surface area (Å²) in [5.41, 5.74) is 3.03. The predicted molar refractivity (Wildman–Crippen MR) is 117 cm³/mol. The smallest absolute Gasteiger partial charge is 0.332 e. The molecule has 0 aliphatic carbocycles. The van der Waals surface area contributed by atoms with Crippen molar-refractivity contribution < 1.29 is 19.2 Å². The third-order valence-electron chi connectivity index (χ3n) is 5.34. The van der Waals surface area contributed by atoms with Gasteiger partial charge < -0.3 is 10.2 Å². The van der Waals surface area contributed by atoms with Gasteiger partial charge in [0.2, 0.25) is 5.91 Å². The highest BCUT2D eigenvalue weighted by Crippen LogP contribution is 2.26. The minimum absolute atomic E-state index is 0.186. The summed E-state index contributed by atoms with van der Waals surface area (Å²) in [6.07, 6.45) is 0. The van der Waals surface area contributed by atoms with Crippen molar-refractivity contribution in [3.8, 4) is 0 Å². The molecule has 2 aromatic rings. The van der Waals surface area contributed by atoms with Gasteiger partial charge >= 0.3 is 6.03 Å². The maximum atomic E-state index is 12.9. The Morgan fingerprint density at radius 2 is 1.65 bits per heavy atom. The lowest BCUT2D eigenvalue weighted by Crippen LogP contribution is -2.42. The number of aryl methyl sites for hydroxylation is 1. The number of nitrogens with one attached hydrogen (secondary N) is 1. The Bertz CT molecular complexity index is 1000. The van der Waals surface area contributed by atoms with Crippen LogP contribution in [0.1, 0.15) is 28.4 Å². The van der Waals surface area contributed by atoms with Gasteiger partial charge in [0.1, 0.15) is 12.6 Å². The first-order valence-electron chi connectivity index (χ1n) is 9.99. The number of nitrogens with zero attached hydrogens (tertiary/aromatic N) is 3. The van der Waals surface area contributed by atoms with Gasteiger partial charge in [-0.1, -0.05) is 29.8 Å². The van der Waals surface area contributed by atoms with Crippen molar-refractivity contribution >= 4 is 29.4 Å². The van der Waals surface area contributed by atoms with Crippen molar-refractivity contribution in [2.24, 2.45) is 0 Å². The topological polar surface area (TPSA) is 90.0 Å². The second-order valence-electron chi connectivity index (χ2n) is 7.61. The SMILES string of the molecule is CNC(=O)c1ccc(CN(C)C(=O)CN2C(=O)[C@H](C)N(c3ccc(C)cc3)C2=O)cc1. The van der Waals surface area contributed by atoms with E-state index < -0.39 is 18.0 Å². The van der Waals surface area contributed by atoms with Crippen LogP contribution in [0.4, 0.5) is 10.5 Å². The number of hydrogen-bond donors (Lipinski definition) is 1. The van der Waals surface area contributed by atoms with Crippen LogP contribution >= 0.6 is 0 Å². The fourth-order valence-corrected chi connectivity index (χ4v) is 3.43. The third-order valence-corrected chi connectivity index (χ3v) is 5.34. The van der Waals surface area contributed by atoms with E-state index in [1.54, 1.807) is 57.4 Å². The number of imide groups is 1. The second-order valence-corrected chi connectivity index (χ2v) is 7.61. The minimum atomic E-state index is -0.675. The number of carbonyl (C=O) groups excluding carboxylic acids is 4. The first-order chi connectivity index (χ1) is 14.7. The summed E-state index contributed by atoms with van der Waals surface area (Å²) in [6, 6.07) is 13.0. The van der Waals surface area contributed by atoms with E-state index in [4.69, 9.17) is 0 Å². The highest BCUT2D eigenvalue weighted by atomic mass is 16.2. The first-order valence-corrected chi connectivity index (χ1v) is 9.99. The van der Waals surface area contributed by atoms with Gasteiger partial charge in [0, 0.05) is 31.9 Å². The zero-order valence-corrected chi connectivity index (χ0v) is 18.1. The molecule has 162 valence electrons. The van der Waals surface area contributed by atoms with Gasteiger partial charge in [-0.15, -0.1) is 0 Å². The molecule has 8 heteroatoms. The molecule has 2 aromatic carbocycles. The summed E-state index contributed by atoms with van der Waals surface area (Å²) in [7, 11) is 3.17. The van der Waals surface area contributed by atoms with E-state index in [2.05, 4.69) is 5.32 Å². The largest absolute Gasteiger partial charge is 0.355 e. The number of benzene rings is 2. The maximum Gasteiger partial charge on any atom is 0.332 e. The highest BCUT2D eigenvalue weighted by molar-refractivity contribution is 6.15. The van der Waals surface area contributed by atoms with E-state index in [1.807, 2.05) is 19.1 Å². The molecular formula is C23H26N4O4. The fourth-order valence-electron chi connectivity index (χ4n) is 3.43.